The molecule has 6 heteroatoms. The average molecular weight is 453 g/mol. The molecule has 3 N–H and O–H groups in total. The fourth-order valence-corrected chi connectivity index (χ4v) is 3.56. The molecule has 0 aromatic rings. The lowest BCUT2D eigenvalue weighted by atomic mass is 10.0. The van der Waals surface area contributed by atoms with E-state index in [-0.39, 0.29) is 24.0 Å². The van der Waals surface area contributed by atoms with Gasteiger partial charge in [-0.1, -0.05) is 38.5 Å². The molecule has 0 aliphatic heterocycles. The van der Waals surface area contributed by atoms with Gasteiger partial charge >= 0.3 is 0 Å². The standard InChI is InChI=1S/C18H35N3O2.HI/c1-2-19-17(21-15-18(22)11-7-8-12-18)20-13-14-23-16-9-5-3-4-6-10-16;/h16,22H,2-15H2,1H3,(H2,19,20,21);1H. The molecule has 24 heavy (non-hydrogen) atoms. The van der Waals surface area contributed by atoms with Crippen LogP contribution in [0.1, 0.15) is 71.1 Å². The molecule has 0 unspecified atom stereocenters. The molecule has 5 nitrogen and oxygen atoms in total. The summed E-state index contributed by atoms with van der Waals surface area (Å²) in [7, 11) is 0. The van der Waals surface area contributed by atoms with Crippen molar-refractivity contribution in [3.05, 3.63) is 0 Å². The first-order valence-corrected chi connectivity index (χ1v) is 9.58. The van der Waals surface area contributed by atoms with Crippen LogP contribution in [-0.4, -0.2) is 49.0 Å². The lowest BCUT2D eigenvalue weighted by molar-refractivity contribution is 0.0467. The van der Waals surface area contributed by atoms with E-state index >= 15 is 0 Å². The van der Waals surface area contributed by atoms with Crippen molar-refractivity contribution >= 4 is 29.9 Å². The second-order valence-corrected chi connectivity index (χ2v) is 7.04. The van der Waals surface area contributed by atoms with Gasteiger partial charge in [-0.15, -0.1) is 24.0 Å². The van der Waals surface area contributed by atoms with E-state index in [0.717, 1.165) is 51.3 Å². The molecular weight excluding hydrogens is 417 g/mol. The lowest BCUT2D eigenvalue weighted by Gasteiger charge is -2.21. The van der Waals surface area contributed by atoms with E-state index in [1.54, 1.807) is 0 Å². The lowest BCUT2D eigenvalue weighted by Crippen LogP contribution is -2.41. The van der Waals surface area contributed by atoms with Crippen LogP contribution in [0.15, 0.2) is 4.99 Å². The SMILES string of the molecule is CCNC(=NCC1(O)CCCC1)NCCOC1CCCCCC1.I. The summed E-state index contributed by atoms with van der Waals surface area (Å²) in [6.07, 6.45) is 12.2. The molecule has 0 bridgehead atoms. The van der Waals surface area contributed by atoms with Crippen molar-refractivity contribution in [2.75, 3.05) is 26.2 Å². The number of aliphatic hydroxyl groups is 1. The van der Waals surface area contributed by atoms with Gasteiger partial charge in [0.25, 0.3) is 0 Å². The molecule has 2 aliphatic carbocycles. The first kappa shape index (κ1) is 22.0. The zero-order chi connectivity index (χ0) is 16.4. The molecule has 2 aliphatic rings. The fraction of sp³-hybridized carbons (Fsp3) is 0.944. The van der Waals surface area contributed by atoms with Crippen LogP contribution in [-0.2, 0) is 4.74 Å². The minimum atomic E-state index is -0.584. The molecule has 0 radical (unpaired) electrons. The molecule has 2 saturated carbocycles. The fourth-order valence-electron chi connectivity index (χ4n) is 3.56. The topological polar surface area (TPSA) is 65.9 Å². The Kier molecular flexibility index (Phi) is 11.3. The molecule has 0 heterocycles. The zero-order valence-corrected chi connectivity index (χ0v) is 17.5. The van der Waals surface area contributed by atoms with Crippen LogP contribution in [0.5, 0.6) is 0 Å². The Hall–Kier alpha value is -0.0800. The van der Waals surface area contributed by atoms with Crippen molar-refractivity contribution in [1.29, 1.82) is 0 Å². The van der Waals surface area contributed by atoms with Crippen molar-refractivity contribution in [1.82, 2.24) is 10.6 Å². The second kappa shape index (κ2) is 12.3. The highest BCUT2D eigenvalue weighted by molar-refractivity contribution is 14.0. The third-order valence-electron chi connectivity index (χ3n) is 4.96. The number of ether oxygens (including phenoxy) is 1. The van der Waals surface area contributed by atoms with E-state index in [0.29, 0.717) is 12.6 Å². The van der Waals surface area contributed by atoms with E-state index in [2.05, 4.69) is 22.5 Å². The third kappa shape index (κ3) is 8.34. The molecule has 0 atom stereocenters. The van der Waals surface area contributed by atoms with Gasteiger partial charge < -0.3 is 20.5 Å². The predicted molar refractivity (Wildman–Crippen MR) is 110 cm³/mol. The van der Waals surface area contributed by atoms with E-state index in [1.165, 1.54) is 38.5 Å². The second-order valence-electron chi connectivity index (χ2n) is 7.04. The monoisotopic (exact) mass is 453 g/mol. The Morgan fingerprint density at radius 3 is 2.38 bits per heavy atom. The summed E-state index contributed by atoms with van der Waals surface area (Å²) in [5, 5.41) is 17.0. The molecule has 142 valence electrons. The number of hydrogen-bond donors (Lipinski definition) is 3. The normalized spacial score (nSPS) is 21.8. The molecule has 0 spiro atoms. The highest BCUT2D eigenvalue weighted by Gasteiger charge is 2.30. The van der Waals surface area contributed by atoms with Gasteiger partial charge in [-0.3, -0.25) is 4.99 Å². The number of rotatable bonds is 7. The molecular formula is C18H36IN3O2. The number of guanidine groups is 1. The first-order valence-electron chi connectivity index (χ1n) is 9.58. The minimum absolute atomic E-state index is 0. The third-order valence-corrected chi connectivity index (χ3v) is 4.96. The van der Waals surface area contributed by atoms with Gasteiger partial charge in [0, 0.05) is 13.1 Å². The quantitative estimate of drug-likeness (QED) is 0.182. The largest absolute Gasteiger partial charge is 0.388 e. The van der Waals surface area contributed by atoms with Crippen LogP contribution < -0.4 is 10.6 Å². The first-order chi connectivity index (χ1) is 11.2. The maximum atomic E-state index is 10.4. The van der Waals surface area contributed by atoms with E-state index in [4.69, 9.17) is 4.74 Å². The highest BCUT2D eigenvalue weighted by atomic mass is 127. The Balaban J connectivity index is 0.00000288. The number of halogens is 1. The Bertz CT molecular complexity index is 352. The van der Waals surface area contributed by atoms with Crippen molar-refractivity contribution in [2.24, 2.45) is 4.99 Å². The van der Waals surface area contributed by atoms with Crippen molar-refractivity contribution in [3.8, 4) is 0 Å². The van der Waals surface area contributed by atoms with Crippen LogP contribution in [0.4, 0.5) is 0 Å². The van der Waals surface area contributed by atoms with E-state index in [9.17, 15) is 5.11 Å². The molecule has 0 aromatic heterocycles. The van der Waals surface area contributed by atoms with Gasteiger partial charge in [0.2, 0.25) is 0 Å². The van der Waals surface area contributed by atoms with E-state index < -0.39 is 5.60 Å². The summed E-state index contributed by atoms with van der Waals surface area (Å²) >= 11 is 0. The summed E-state index contributed by atoms with van der Waals surface area (Å²) in [4.78, 5) is 4.56. The van der Waals surface area contributed by atoms with Gasteiger partial charge in [-0.25, -0.2) is 0 Å². The summed E-state index contributed by atoms with van der Waals surface area (Å²) in [5.41, 5.74) is -0.584. The average Bonchev–Trinajstić information content (AvgIpc) is 2.82. The molecule has 0 aromatic carbocycles. The molecule has 0 amide bonds. The van der Waals surface area contributed by atoms with Gasteiger partial charge in [-0.2, -0.15) is 0 Å². The van der Waals surface area contributed by atoms with Crippen molar-refractivity contribution in [2.45, 2.75) is 82.8 Å². The Morgan fingerprint density at radius 1 is 1.08 bits per heavy atom. The number of nitrogens with zero attached hydrogens (tertiary/aromatic N) is 1. The summed E-state index contributed by atoms with van der Waals surface area (Å²) in [6, 6.07) is 0. The predicted octanol–water partition coefficient (Wildman–Crippen LogP) is 3.20. The Morgan fingerprint density at radius 2 is 1.75 bits per heavy atom. The maximum absolute atomic E-state index is 10.4. The summed E-state index contributed by atoms with van der Waals surface area (Å²) in [6.45, 7) is 4.86. The van der Waals surface area contributed by atoms with Gasteiger partial charge in [0.05, 0.1) is 24.9 Å². The number of hydrogen-bond acceptors (Lipinski definition) is 3. The summed E-state index contributed by atoms with van der Waals surface area (Å²) < 4.78 is 5.99. The molecule has 2 fully saturated rings. The number of nitrogens with one attached hydrogen (secondary N) is 2. The highest BCUT2D eigenvalue weighted by Crippen LogP contribution is 2.29. The van der Waals surface area contributed by atoms with Crippen LogP contribution >= 0.6 is 24.0 Å². The zero-order valence-electron chi connectivity index (χ0n) is 15.2. The van der Waals surface area contributed by atoms with Crippen LogP contribution in [0, 0.1) is 0 Å². The van der Waals surface area contributed by atoms with Gasteiger partial charge in [-0.05, 0) is 32.6 Å². The maximum Gasteiger partial charge on any atom is 0.191 e. The van der Waals surface area contributed by atoms with Crippen molar-refractivity contribution < 1.29 is 9.84 Å². The van der Waals surface area contributed by atoms with Crippen LogP contribution in [0.3, 0.4) is 0 Å². The van der Waals surface area contributed by atoms with Crippen LogP contribution in [0.25, 0.3) is 0 Å². The van der Waals surface area contributed by atoms with Gasteiger partial charge in [0.1, 0.15) is 0 Å². The molecule has 2 rings (SSSR count). The summed E-state index contributed by atoms with van der Waals surface area (Å²) in [5.74, 6) is 0.789. The van der Waals surface area contributed by atoms with Crippen molar-refractivity contribution in [3.63, 3.8) is 0 Å². The Labute approximate surface area is 164 Å². The van der Waals surface area contributed by atoms with E-state index in [1.807, 2.05) is 0 Å². The van der Waals surface area contributed by atoms with Crippen LogP contribution in [0.2, 0.25) is 0 Å². The molecule has 0 saturated heterocycles. The smallest absolute Gasteiger partial charge is 0.191 e. The number of aliphatic imine (C=N–C) groups is 1. The van der Waals surface area contributed by atoms with Gasteiger partial charge in [0.15, 0.2) is 5.96 Å². The minimum Gasteiger partial charge on any atom is -0.388 e.